The zero-order valence-corrected chi connectivity index (χ0v) is 16.7. The molecule has 1 aromatic rings. The minimum atomic E-state index is -0.182. The van der Waals surface area contributed by atoms with Crippen molar-refractivity contribution < 1.29 is 19.1 Å². The minimum Gasteiger partial charge on any atom is -0.494 e. The van der Waals surface area contributed by atoms with Gasteiger partial charge >= 0.3 is 5.97 Å². The lowest BCUT2D eigenvalue weighted by molar-refractivity contribution is -0.144. The molecule has 0 N–H and O–H groups in total. The van der Waals surface area contributed by atoms with Crippen molar-refractivity contribution >= 4 is 11.9 Å². The minimum absolute atomic E-state index is 0.149. The third-order valence-electron chi connectivity index (χ3n) is 4.95. The Morgan fingerprint density at radius 2 is 2.11 bits per heavy atom. The number of rotatable bonds is 10. The van der Waals surface area contributed by atoms with Gasteiger partial charge in [0.15, 0.2) is 0 Å². The maximum Gasteiger partial charge on any atom is 0.305 e. The summed E-state index contributed by atoms with van der Waals surface area (Å²) in [4.78, 5) is 26.2. The first-order valence-electron chi connectivity index (χ1n) is 10.2. The molecule has 1 aliphatic heterocycles. The Morgan fingerprint density at radius 3 is 2.89 bits per heavy atom. The fourth-order valence-electron chi connectivity index (χ4n) is 3.51. The topological polar surface area (TPSA) is 79.6 Å². The van der Waals surface area contributed by atoms with E-state index in [1.807, 2.05) is 11.0 Å². The second-order valence-corrected chi connectivity index (χ2v) is 7.03. The Kier molecular flexibility index (Phi) is 9.33. The summed E-state index contributed by atoms with van der Waals surface area (Å²) in [5, 5.41) is 8.90. The molecule has 152 valence electrons. The number of likely N-dealkylation sites (tertiary alicyclic amines) is 1. The summed E-state index contributed by atoms with van der Waals surface area (Å²) in [6.07, 6.45) is 6.19. The van der Waals surface area contributed by atoms with E-state index in [9.17, 15) is 9.59 Å². The summed E-state index contributed by atoms with van der Waals surface area (Å²) < 4.78 is 10.7. The number of hydrogen-bond donors (Lipinski definition) is 0. The molecule has 1 aromatic carbocycles. The van der Waals surface area contributed by atoms with Gasteiger partial charge in [-0.2, -0.15) is 5.26 Å². The molecule has 6 nitrogen and oxygen atoms in total. The third kappa shape index (κ3) is 7.22. The molecule has 0 aromatic heterocycles. The van der Waals surface area contributed by atoms with E-state index < -0.39 is 0 Å². The Morgan fingerprint density at radius 1 is 1.25 bits per heavy atom. The van der Waals surface area contributed by atoms with Crippen molar-refractivity contribution in [3.8, 4) is 11.8 Å². The molecule has 1 unspecified atom stereocenters. The van der Waals surface area contributed by atoms with Gasteiger partial charge in [-0.25, -0.2) is 0 Å². The number of hydrogen-bond acceptors (Lipinski definition) is 5. The molecule has 0 aliphatic carbocycles. The van der Waals surface area contributed by atoms with Crippen LogP contribution in [0.2, 0.25) is 0 Å². The van der Waals surface area contributed by atoms with Crippen LogP contribution in [0.3, 0.4) is 0 Å². The van der Waals surface area contributed by atoms with Gasteiger partial charge in [0.2, 0.25) is 5.91 Å². The average molecular weight is 386 g/mol. The van der Waals surface area contributed by atoms with Crippen molar-refractivity contribution in [2.24, 2.45) is 0 Å². The summed E-state index contributed by atoms with van der Waals surface area (Å²) in [6, 6.07) is 9.32. The first-order chi connectivity index (χ1) is 13.6. The van der Waals surface area contributed by atoms with E-state index in [0.29, 0.717) is 43.8 Å². The predicted octanol–water partition coefficient (Wildman–Crippen LogP) is 3.83. The van der Waals surface area contributed by atoms with Crippen molar-refractivity contribution in [2.45, 2.75) is 64.3 Å². The number of ether oxygens (including phenoxy) is 2. The van der Waals surface area contributed by atoms with Gasteiger partial charge in [-0.1, -0.05) is 6.07 Å². The summed E-state index contributed by atoms with van der Waals surface area (Å²) >= 11 is 0. The van der Waals surface area contributed by atoms with Crippen LogP contribution in [0.25, 0.3) is 0 Å². The van der Waals surface area contributed by atoms with Crippen LogP contribution >= 0.6 is 0 Å². The van der Waals surface area contributed by atoms with Gasteiger partial charge in [0.1, 0.15) is 5.75 Å². The van der Waals surface area contributed by atoms with Gasteiger partial charge in [0.05, 0.1) is 24.8 Å². The highest BCUT2D eigenvalue weighted by atomic mass is 16.5. The van der Waals surface area contributed by atoms with Crippen molar-refractivity contribution in [3.63, 3.8) is 0 Å². The largest absolute Gasteiger partial charge is 0.494 e. The molecule has 1 atom stereocenters. The van der Waals surface area contributed by atoms with E-state index in [0.717, 1.165) is 38.6 Å². The van der Waals surface area contributed by atoms with Crippen LogP contribution in [0.1, 0.15) is 63.9 Å². The highest BCUT2D eigenvalue weighted by Gasteiger charge is 2.26. The SMILES string of the molecule is CCOC(=O)CCC1CCCCN1C(=O)CCCCOc1cccc(C#N)c1. The molecule has 2 rings (SSSR count). The van der Waals surface area contributed by atoms with Crippen LogP contribution in [0.15, 0.2) is 24.3 Å². The lowest BCUT2D eigenvalue weighted by Gasteiger charge is -2.36. The molecule has 0 saturated carbocycles. The highest BCUT2D eigenvalue weighted by Crippen LogP contribution is 2.22. The molecule has 6 heteroatoms. The van der Waals surface area contributed by atoms with Crippen LogP contribution in [0, 0.1) is 11.3 Å². The maximum absolute atomic E-state index is 12.6. The second-order valence-electron chi connectivity index (χ2n) is 7.03. The van der Waals surface area contributed by atoms with Crippen LogP contribution in [-0.4, -0.2) is 42.6 Å². The van der Waals surface area contributed by atoms with Gasteiger partial charge < -0.3 is 14.4 Å². The maximum atomic E-state index is 12.6. The average Bonchev–Trinajstić information content (AvgIpc) is 2.72. The fourth-order valence-corrected chi connectivity index (χ4v) is 3.51. The lowest BCUT2D eigenvalue weighted by atomic mass is 9.97. The summed E-state index contributed by atoms with van der Waals surface area (Å²) in [5.41, 5.74) is 0.576. The van der Waals surface area contributed by atoms with Gasteiger partial charge in [-0.05, 0) is 63.6 Å². The highest BCUT2D eigenvalue weighted by molar-refractivity contribution is 5.76. The Bertz CT molecular complexity index is 683. The fraction of sp³-hybridized carbons (Fsp3) is 0.591. The number of piperidine rings is 1. The van der Waals surface area contributed by atoms with E-state index in [1.165, 1.54) is 0 Å². The molecule has 1 amide bonds. The quantitative estimate of drug-likeness (QED) is 0.451. The number of benzene rings is 1. The van der Waals surface area contributed by atoms with Crippen LogP contribution in [-0.2, 0) is 14.3 Å². The Balaban J connectivity index is 1.69. The van der Waals surface area contributed by atoms with Crippen LogP contribution < -0.4 is 4.74 Å². The number of nitrogens with zero attached hydrogens (tertiary/aromatic N) is 2. The molecule has 1 aliphatic rings. The zero-order valence-electron chi connectivity index (χ0n) is 16.7. The molecule has 1 saturated heterocycles. The van der Waals surface area contributed by atoms with Gasteiger partial charge in [-0.3, -0.25) is 9.59 Å². The number of nitriles is 1. The van der Waals surface area contributed by atoms with E-state index in [2.05, 4.69) is 6.07 Å². The van der Waals surface area contributed by atoms with E-state index in [4.69, 9.17) is 14.7 Å². The number of amides is 1. The smallest absolute Gasteiger partial charge is 0.305 e. The number of unbranched alkanes of at least 4 members (excludes halogenated alkanes) is 1. The number of carbonyl (C=O) groups is 2. The summed E-state index contributed by atoms with van der Waals surface area (Å²) in [7, 11) is 0. The second kappa shape index (κ2) is 12.0. The normalized spacial score (nSPS) is 16.3. The Labute approximate surface area is 167 Å². The standard InChI is InChI=1S/C22H30N2O4/c1-2-27-22(26)13-12-19-9-3-5-14-24(19)21(25)11-4-6-15-28-20-10-7-8-18(16-20)17-23/h7-8,10,16,19H,2-6,9,11-15H2,1H3. The summed E-state index contributed by atoms with van der Waals surface area (Å²) in [5.74, 6) is 0.665. The summed E-state index contributed by atoms with van der Waals surface area (Å²) in [6.45, 7) is 3.51. The molecule has 1 heterocycles. The van der Waals surface area contributed by atoms with Crippen molar-refractivity contribution in [3.05, 3.63) is 29.8 Å². The van der Waals surface area contributed by atoms with Crippen molar-refractivity contribution in [1.29, 1.82) is 5.26 Å². The molecule has 28 heavy (non-hydrogen) atoms. The van der Waals surface area contributed by atoms with Crippen LogP contribution in [0.5, 0.6) is 5.75 Å². The monoisotopic (exact) mass is 386 g/mol. The van der Waals surface area contributed by atoms with E-state index in [-0.39, 0.29) is 17.9 Å². The number of esters is 1. The van der Waals surface area contributed by atoms with Gasteiger partial charge in [0.25, 0.3) is 0 Å². The van der Waals surface area contributed by atoms with Gasteiger partial charge in [-0.15, -0.1) is 0 Å². The predicted molar refractivity (Wildman–Crippen MR) is 106 cm³/mol. The molecule has 1 fully saturated rings. The van der Waals surface area contributed by atoms with Crippen molar-refractivity contribution in [2.75, 3.05) is 19.8 Å². The molecule has 0 radical (unpaired) electrons. The first-order valence-corrected chi connectivity index (χ1v) is 10.2. The van der Waals surface area contributed by atoms with Crippen LogP contribution in [0.4, 0.5) is 0 Å². The molecule has 0 spiro atoms. The Hall–Kier alpha value is -2.55. The molecule has 0 bridgehead atoms. The van der Waals surface area contributed by atoms with E-state index in [1.54, 1.807) is 25.1 Å². The van der Waals surface area contributed by atoms with Crippen molar-refractivity contribution in [1.82, 2.24) is 4.90 Å². The molecular weight excluding hydrogens is 356 g/mol. The van der Waals surface area contributed by atoms with E-state index >= 15 is 0 Å². The van der Waals surface area contributed by atoms with Gasteiger partial charge in [0, 0.05) is 25.4 Å². The number of carbonyl (C=O) groups excluding carboxylic acids is 2. The lowest BCUT2D eigenvalue weighted by Crippen LogP contribution is -2.43. The first kappa shape index (κ1) is 21.7. The molecular formula is C22H30N2O4. The zero-order chi connectivity index (χ0) is 20.2. The third-order valence-corrected chi connectivity index (χ3v) is 4.95.